The minimum absolute atomic E-state index is 0.132. The van der Waals surface area contributed by atoms with E-state index in [1.54, 1.807) is 18.2 Å². The number of carboxylic acids is 1. The predicted octanol–water partition coefficient (Wildman–Crippen LogP) is 3.53. The fourth-order valence-electron chi connectivity index (χ4n) is 1.93. The lowest BCUT2D eigenvalue weighted by atomic mass is 9.97. The summed E-state index contributed by atoms with van der Waals surface area (Å²) >= 11 is 7.45. The van der Waals surface area contributed by atoms with Crippen molar-refractivity contribution in [1.82, 2.24) is 0 Å². The van der Waals surface area contributed by atoms with Crippen LogP contribution in [0.2, 0.25) is 5.02 Å². The number of halogens is 1. The lowest BCUT2D eigenvalue weighted by molar-refractivity contribution is -0.138. The first-order valence-electron chi connectivity index (χ1n) is 5.85. The van der Waals surface area contributed by atoms with Crippen LogP contribution in [0.4, 0.5) is 0 Å². The molecule has 4 nitrogen and oxygen atoms in total. The lowest BCUT2D eigenvalue weighted by Gasteiger charge is -2.14. The molecule has 0 aliphatic carbocycles. The third-order valence-corrected chi connectivity index (χ3v) is 4.40. The zero-order valence-corrected chi connectivity index (χ0v) is 12.2. The molecule has 0 saturated carbocycles. The molecule has 0 bridgehead atoms. The van der Waals surface area contributed by atoms with Gasteiger partial charge in [0, 0.05) is 4.88 Å². The summed E-state index contributed by atoms with van der Waals surface area (Å²) in [5.74, 6) is -1.50. The Morgan fingerprint density at radius 1 is 1.45 bits per heavy atom. The van der Waals surface area contributed by atoms with Crippen LogP contribution >= 0.6 is 22.9 Å². The molecule has 2 rings (SSSR count). The highest BCUT2D eigenvalue weighted by atomic mass is 35.5. The number of aliphatic carboxylic acids is 1. The second kappa shape index (κ2) is 6.15. The maximum Gasteiger partial charge on any atom is 0.312 e. The van der Waals surface area contributed by atoms with E-state index >= 15 is 0 Å². The number of ether oxygens (including phenoxy) is 1. The average molecular weight is 313 g/mol. The summed E-state index contributed by atoms with van der Waals surface area (Å²) < 4.78 is 4.96. The lowest BCUT2D eigenvalue weighted by Crippen LogP contribution is -2.13. The minimum Gasteiger partial charge on any atom is -0.503 e. The first-order chi connectivity index (χ1) is 9.54. The van der Waals surface area contributed by atoms with Crippen molar-refractivity contribution in [2.75, 3.05) is 7.11 Å². The molecule has 1 atom stereocenters. The fraction of sp³-hybridized carbons (Fsp3) is 0.214. The van der Waals surface area contributed by atoms with Gasteiger partial charge in [0.1, 0.15) is 0 Å². The van der Waals surface area contributed by atoms with Crippen molar-refractivity contribution in [3.8, 4) is 11.5 Å². The Balaban J connectivity index is 2.33. The van der Waals surface area contributed by atoms with Gasteiger partial charge in [0.2, 0.25) is 0 Å². The van der Waals surface area contributed by atoms with Gasteiger partial charge in [-0.15, -0.1) is 11.3 Å². The van der Waals surface area contributed by atoms with Gasteiger partial charge < -0.3 is 14.9 Å². The Morgan fingerprint density at radius 3 is 2.75 bits per heavy atom. The van der Waals surface area contributed by atoms with Crippen molar-refractivity contribution in [2.24, 2.45) is 0 Å². The summed E-state index contributed by atoms with van der Waals surface area (Å²) in [6.45, 7) is 0. The fourth-order valence-corrected chi connectivity index (χ4v) is 2.98. The van der Waals surface area contributed by atoms with Crippen LogP contribution in [-0.4, -0.2) is 23.3 Å². The van der Waals surface area contributed by atoms with Crippen LogP contribution in [0.15, 0.2) is 29.6 Å². The number of methoxy groups -OCH3 is 1. The molecule has 1 aromatic heterocycles. The van der Waals surface area contributed by atoms with Crippen LogP contribution in [0, 0.1) is 0 Å². The van der Waals surface area contributed by atoms with E-state index in [0.717, 1.165) is 4.88 Å². The number of aromatic hydroxyl groups is 1. The summed E-state index contributed by atoms with van der Waals surface area (Å²) in [6.07, 6.45) is 0.215. The third kappa shape index (κ3) is 2.89. The highest BCUT2D eigenvalue weighted by Gasteiger charge is 2.23. The second-order valence-electron chi connectivity index (χ2n) is 4.20. The number of phenols is 1. The summed E-state index contributed by atoms with van der Waals surface area (Å²) in [7, 11) is 1.43. The maximum atomic E-state index is 11.4. The van der Waals surface area contributed by atoms with Crippen LogP contribution < -0.4 is 4.74 Å². The monoisotopic (exact) mass is 312 g/mol. The number of benzene rings is 1. The van der Waals surface area contributed by atoms with Crippen LogP contribution in [-0.2, 0) is 11.2 Å². The number of carbonyl (C=O) groups is 1. The largest absolute Gasteiger partial charge is 0.503 e. The highest BCUT2D eigenvalue weighted by Crippen LogP contribution is 2.38. The minimum atomic E-state index is -0.918. The molecule has 0 spiro atoms. The smallest absolute Gasteiger partial charge is 0.312 e. The van der Waals surface area contributed by atoms with Crippen molar-refractivity contribution < 1.29 is 19.7 Å². The van der Waals surface area contributed by atoms with Crippen LogP contribution in [0.25, 0.3) is 0 Å². The van der Waals surface area contributed by atoms with Crippen molar-refractivity contribution in [3.05, 3.63) is 45.1 Å². The Kier molecular flexibility index (Phi) is 4.52. The number of hydrogen-bond acceptors (Lipinski definition) is 4. The molecule has 0 fully saturated rings. The first-order valence-corrected chi connectivity index (χ1v) is 7.11. The molecule has 0 aliphatic rings. The molecule has 0 amide bonds. The van der Waals surface area contributed by atoms with Crippen molar-refractivity contribution in [1.29, 1.82) is 0 Å². The summed E-state index contributed by atoms with van der Waals surface area (Å²) in [5.41, 5.74) is 0.575. The Labute approximate surface area is 125 Å². The molecular formula is C14H13ClO4S. The molecule has 6 heteroatoms. The van der Waals surface area contributed by atoms with Crippen LogP contribution in [0.1, 0.15) is 16.4 Å². The molecule has 20 heavy (non-hydrogen) atoms. The van der Waals surface area contributed by atoms with E-state index in [9.17, 15) is 15.0 Å². The Hall–Kier alpha value is -1.72. The first kappa shape index (κ1) is 14.7. The number of carboxylic acid groups (broad SMARTS) is 1. The molecular weight excluding hydrogens is 300 g/mol. The standard InChI is InChI=1S/C14H13ClO4S/c1-19-10-5-4-8(12(15)13(10)16)7-9(14(17)18)11-3-2-6-20-11/h2-6,9,16H,7H2,1H3,(H,17,18). The van der Waals surface area contributed by atoms with Gasteiger partial charge in [0.15, 0.2) is 11.5 Å². The van der Waals surface area contributed by atoms with E-state index in [1.807, 2.05) is 11.4 Å². The average Bonchev–Trinajstić information content (AvgIpc) is 2.94. The maximum absolute atomic E-state index is 11.4. The van der Waals surface area contributed by atoms with Crippen LogP contribution in [0.5, 0.6) is 11.5 Å². The molecule has 2 aromatic rings. The van der Waals surface area contributed by atoms with E-state index in [-0.39, 0.29) is 22.9 Å². The zero-order valence-electron chi connectivity index (χ0n) is 10.7. The zero-order chi connectivity index (χ0) is 14.7. The quantitative estimate of drug-likeness (QED) is 0.886. The van der Waals surface area contributed by atoms with Gasteiger partial charge in [0.25, 0.3) is 0 Å². The Morgan fingerprint density at radius 2 is 2.20 bits per heavy atom. The van der Waals surface area contributed by atoms with E-state index in [0.29, 0.717) is 5.56 Å². The van der Waals surface area contributed by atoms with Gasteiger partial charge in [0.05, 0.1) is 18.1 Å². The normalized spacial score (nSPS) is 12.1. The van der Waals surface area contributed by atoms with E-state index in [1.165, 1.54) is 18.4 Å². The highest BCUT2D eigenvalue weighted by molar-refractivity contribution is 7.10. The predicted molar refractivity (Wildman–Crippen MR) is 78.1 cm³/mol. The van der Waals surface area contributed by atoms with Crippen molar-refractivity contribution in [3.63, 3.8) is 0 Å². The molecule has 1 unspecified atom stereocenters. The third-order valence-electron chi connectivity index (χ3n) is 2.99. The molecule has 1 aromatic carbocycles. The summed E-state index contributed by atoms with van der Waals surface area (Å²) in [6, 6.07) is 6.83. The topological polar surface area (TPSA) is 66.8 Å². The molecule has 1 heterocycles. The van der Waals surface area contributed by atoms with Crippen molar-refractivity contribution >= 4 is 28.9 Å². The SMILES string of the molecule is COc1ccc(CC(C(=O)O)c2cccs2)c(Cl)c1O. The molecule has 0 saturated heterocycles. The summed E-state index contributed by atoms with van der Waals surface area (Å²) in [4.78, 5) is 12.2. The number of thiophene rings is 1. The van der Waals surface area contributed by atoms with E-state index < -0.39 is 11.9 Å². The molecule has 0 radical (unpaired) electrons. The van der Waals surface area contributed by atoms with Gasteiger partial charge in [-0.3, -0.25) is 4.79 Å². The van der Waals surface area contributed by atoms with E-state index in [2.05, 4.69) is 0 Å². The van der Waals surface area contributed by atoms with Gasteiger partial charge in [-0.25, -0.2) is 0 Å². The van der Waals surface area contributed by atoms with Gasteiger partial charge >= 0.3 is 5.97 Å². The van der Waals surface area contributed by atoms with Gasteiger partial charge in [-0.1, -0.05) is 23.7 Å². The second-order valence-corrected chi connectivity index (χ2v) is 5.56. The molecule has 2 N–H and O–H groups in total. The molecule has 0 aliphatic heterocycles. The van der Waals surface area contributed by atoms with Gasteiger partial charge in [-0.2, -0.15) is 0 Å². The van der Waals surface area contributed by atoms with Crippen LogP contribution in [0.3, 0.4) is 0 Å². The Bertz CT molecular complexity index is 610. The van der Waals surface area contributed by atoms with Crippen molar-refractivity contribution in [2.45, 2.75) is 12.3 Å². The summed E-state index contributed by atoms with van der Waals surface area (Å²) in [5, 5.41) is 21.2. The number of hydrogen-bond donors (Lipinski definition) is 2. The number of phenolic OH excluding ortho intramolecular Hbond substituents is 1. The number of rotatable bonds is 5. The van der Waals surface area contributed by atoms with E-state index in [4.69, 9.17) is 16.3 Å². The van der Waals surface area contributed by atoms with Gasteiger partial charge in [-0.05, 0) is 29.5 Å². The molecule has 106 valence electrons.